The Hall–Kier alpha value is -2.58. The zero-order valence-electron chi connectivity index (χ0n) is 17.2. The maximum Gasteiger partial charge on any atom is 0.258 e. The van der Waals surface area contributed by atoms with Crippen molar-refractivity contribution in [1.82, 2.24) is 9.97 Å². The van der Waals surface area contributed by atoms with Crippen molar-refractivity contribution in [3.05, 3.63) is 44.2 Å². The topological polar surface area (TPSA) is 107 Å². The molecule has 1 saturated heterocycles. The molecule has 2 aromatic rings. The molecule has 164 valence electrons. The monoisotopic (exact) mass is 463 g/mol. The summed E-state index contributed by atoms with van der Waals surface area (Å²) in [5, 5.41) is 6.04. The van der Waals surface area contributed by atoms with Crippen molar-refractivity contribution in [3.63, 3.8) is 0 Å². The number of hydrogen-bond donors (Lipinski definition) is 3. The molecule has 8 nitrogen and oxygen atoms in total. The maximum atomic E-state index is 13.0. The fourth-order valence-corrected chi connectivity index (χ4v) is 4.81. The van der Waals surface area contributed by atoms with Crippen LogP contribution in [0, 0.1) is 0 Å². The average Bonchev–Trinajstić information content (AvgIpc) is 2.69. The minimum Gasteiger partial charge on any atom is -0.337 e. The molecule has 0 aliphatic carbocycles. The molecule has 0 bridgehead atoms. The van der Waals surface area contributed by atoms with Crippen molar-refractivity contribution in [3.8, 4) is 0 Å². The van der Waals surface area contributed by atoms with Gasteiger partial charge in [-0.15, -0.1) is 0 Å². The molecule has 1 aromatic heterocycles. The van der Waals surface area contributed by atoms with Crippen LogP contribution < -0.4 is 21.1 Å². The summed E-state index contributed by atoms with van der Waals surface area (Å²) in [5.74, 6) is -1.34. The lowest BCUT2D eigenvalue weighted by atomic mass is 9.92. The van der Waals surface area contributed by atoms with E-state index in [2.05, 4.69) is 39.3 Å². The standard InChI is InChI=1S/C21H23Cl2N5O3/c1-10-4-3-5-11(2)28(10)21-26-18-17(20(31)27-21)13(9-16(29)25-18)19(30)24-15-7-6-12(22)8-14(15)23/h6-8,10-11,13H,3-5,9H2,1-2H3,(H,24,30)(H2,25,26,27,29,31). The first kappa shape index (κ1) is 21.6. The summed E-state index contributed by atoms with van der Waals surface area (Å²) < 4.78 is 0. The van der Waals surface area contributed by atoms with Crippen molar-refractivity contribution in [2.24, 2.45) is 0 Å². The van der Waals surface area contributed by atoms with Gasteiger partial charge in [0, 0.05) is 23.5 Å². The highest BCUT2D eigenvalue weighted by atomic mass is 35.5. The molecule has 3 atom stereocenters. The summed E-state index contributed by atoms with van der Waals surface area (Å²) in [6.07, 6.45) is 2.93. The van der Waals surface area contributed by atoms with Crippen LogP contribution in [-0.4, -0.2) is 33.9 Å². The predicted molar refractivity (Wildman–Crippen MR) is 121 cm³/mol. The second-order valence-electron chi connectivity index (χ2n) is 8.11. The average molecular weight is 464 g/mol. The molecule has 3 unspecified atom stereocenters. The first-order chi connectivity index (χ1) is 14.7. The molecule has 3 N–H and O–H groups in total. The summed E-state index contributed by atoms with van der Waals surface area (Å²) in [6, 6.07) is 5.07. The van der Waals surface area contributed by atoms with Crippen LogP contribution in [0.1, 0.15) is 51.0 Å². The fourth-order valence-electron chi connectivity index (χ4n) is 4.36. The number of benzene rings is 1. The molecule has 3 heterocycles. The normalized spacial score (nSPS) is 23.2. The van der Waals surface area contributed by atoms with Crippen molar-refractivity contribution in [1.29, 1.82) is 0 Å². The molecule has 0 radical (unpaired) electrons. The fraction of sp³-hybridized carbons (Fsp3) is 0.429. The third-order valence-electron chi connectivity index (χ3n) is 5.88. The number of aromatic amines is 1. The Morgan fingerprint density at radius 1 is 1.19 bits per heavy atom. The van der Waals surface area contributed by atoms with E-state index in [4.69, 9.17) is 23.2 Å². The lowest BCUT2D eigenvalue weighted by Crippen LogP contribution is -2.46. The van der Waals surface area contributed by atoms with Gasteiger partial charge in [0.15, 0.2) is 0 Å². The number of amides is 2. The van der Waals surface area contributed by atoms with E-state index in [1.165, 1.54) is 6.07 Å². The lowest BCUT2D eigenvalue weighted by molar-refractivity contribution is -0.123. The summed E-state index contributed by atoms with van der Waals surface area (Å²) >= 11 is 12.0. The molecule has 2 aliphatic rings. The Morgan fingerprint density at radius 2 is 1.90 bits per heavy atom. The number of carbonyl (C=O) groups is 2. The van der Waals surface area contributed by atoms with Crippen LogP contribution in [0.3, 0.4) is 0 Å². The quantitative estimate of drug-likeness (QED) is 0.639. The van der Waals surface area contributed by atoms with Crippen molar-refractivity contribution < 1.29 is 9.59 Å². The van der Waals surface area contributed by atoms with E-state index >= 15 is 0 Å². The van der Waals surface area contributed by atoms with Gasteiger partial charge in [-0.25, -0.2) is 0 Å². The summed E-state index contributed by atoms with van der Waals surface area (Å²) in [5.41, 5.74) is 0.0520. The molecule has 1 fully saturated rings. The van der Waals surface area contributed by atoms with Gasteiger partial charge in [-0.2, -0.15) is 4.98 Å². The van der Waals surface area contributed by atoms with Crippen LogP contribution in [0.4, 0.5) is 17.5 Å². The number of carbonyl (C=O) groups excluding carboxylic acids is 2. The lowest BCUT2D eigenvalue weighted by Gasteiger charge is -2.39. The highest BCUT2D eigenvalue weighted by Crippen LogP contribution is 2.33. The van der Waals surface area contributed by atoms with Gasteiger partial charge >= 0.3 is 0 Å². The SMILES string of the molecule is CC1CCCC(C)N1c1nc2c(c(=O)[nH]1)C(C(=O)Nc1ccc(Cl)cc1Cl)CC(=O)N2. The number of anilines is 3. The molecule has 2 amide bonds. The Balaban J connectivity index is 1.68. The van der Waals surface area contributed by atoms with Gasteiger partial charge in [0.2, 0.25) is 17.8 Å². The minimum atomic E-state index is -0.989. The number of halogens is 2. The van der Waals surface area contributed by atoms with E-state index in [9.17, 15) is 14.4 Å². The van der Waals surface area contributed by atoms with Crippen LogP contribution in [-0.2, 0) is 9.59 Å². The van der Waals surface area contributed by atoms with E-state index in [0.717, 1.165) is 19.3 Å². The van der Waals surface area contributed by atoms with Gasteiger partial charge in [-0.05, 0) is 51.3 Å². The molecule has 31 heavy (non-hydrogen) atoms. The van der Waals surface area contributed by atoms with E-state index in [0.29, 0.717) is 16.7 Å². The maximum absolute atomic E-state index is 13.0. The minimum absolute atomic E-state index is 0.127. The third-order valence-corrected chi connectivity index (χ3v) is 6.43. The highest BCUT2D eigenvalue weighted by molar-refractivity contribution is 6.36. The second-order valence-corrected chi connectivity index (χ2v) is 8.95. The zero-order chi connectivity index (χ0) is 22.3. The van der Waals surface area contributed by atoms with Gasteiger partial charge in [-0.1, -0.05) is 23.2 Å². The molecule has 4 rings (SSSR count). The molecule has 2 aliphatic heterocycles. The van der Waals surface area contributed by atoms with Crippen LogP contribution >= 0.6 is 23.2 Å². The largest absolute Gasteiger partial charge is 0.337 e. The van der Waals surface area contributed by atoms with Gasteiger partial charge < -0.3 is 15.5 Å². The number of nitrogens with one attached hydrogen (secondary N) is 3. The first-order valence-corrected chi connectivity index (χ1v) is 11.0. The van der Waals surface area contributed by atoms with E-state index in [1.807, 2.05) is 0 Å². The Bertz CT molecular complexity index is 1090. The van der Waals surface area contributed by atoms with Crippen molar-refractivity contribution >= 4 is 52.5 Å². The molecular weight excluding hydrogens is 441 g/mol. The van der Waals surface area contributed by atoms with Gasteiger partial charge in [0.05, 0.1) is 22.2 Å². The second kappa shape index (κ2) is 8.51. The van der Waals surface area contributed by atoms with Crippen molar-refractivity contribution in [2.75, 3.05) is 15.5 Å². The first-order valence-electron chi connectivity index (χ1n) is 10.2. The molecule has 10 heteroatoms. The summed E-state index contributed by atoms with van der Waals surface area (Å²) in [6.45, 7) is 4.17. The van der Waals surface area contributed by atoms with E-state index < -0.39 is 17.4 Å². The van der Waals surface area contributed by atoms with E-state index in [1.54, 1.807) is 12.1 Å². The smallest absolute Gasteiger partial charge is 0.258 e. The van der Waals surface area contributed by atoms with Crippen molar-refractivity contribution in [2.45, 2.75) is 57.5 Å². The molecule has 0 saturated carbocycles. The van der Waals surface area contributed by atoms with Crippen LogP contribution in [0.5, 0.6) is 0 Å². The van der Waals surface area contributed by atoms with Crippen LogP contribution in [0.25, 0.3) is 0 Å². The van der Waals surface area contributed by atoms with Crippen LogP contribution in [0.2, 0.25) is 10.0 Å². The summed E-state index contributed by atoms with van der Waals surface area (Å²) in [4.78, 5) is 47.8. The van der Waals surface area contributed by atoms with E-state index in [-0.39, 0.29) is 40.8 Å². The number of piperidine rings is 1. The molecular formula is C21H23Cl2N5O3. The van der Waals surface area contributed by atoms with Gasteiger partial charge in [0.1, 0.15) is 5.82 Å². The van der Waals surface area contributed by atoms with Crippen LogP contribution in [0.15, 0.2) is 23.0 Å². The summed E-state index contributed by atoms with van der Waals surface area (Å²) in [7, 11) is 0. The number of aromatic nitrogens is 2. The Kier molecular flexibility index (Phi) is 5.94. The molecule has 1 aromatic carbocycles. The number of hydrogen-bond acceptors (Lipinski definition) is 5. The van der Waals surface area contributed by atoms with Gasteiger partial charge in [-0.3, -0.25) is 19.4 Å². The highest BCUT2D eigenvalue weighted by Gasteiger charge is 2.36. The number of rotatable bonds is 3. The predicted octanol–water partition coefficient (Wildman–Crippen LogP) is 3.91. The Labute approximate surface area is 189 Å². The molecule has 0 spiro atoms. The zero-order valence-corrected chi connectivity index (χ0v) is 18.7. The number of nitrogens with zero attached hydrogens (tertiary/aromatic N) is 2. The van der Waals surface area contributed by atoms with Gasteiger partial charge in [0.25, 0.3) is 5.56 Å². The third kappa shape index (κ3) is 4.27. The number of fused-ring (bicyclic) bond motifs is 1. The number of H-pyrrole nitrogens is 1. The Morgan fingerprint density at radius 3 is 2.58 bits per heavy atom.